The van der Waals surface area contributed by atoms with Gasteiger partial charge in [-0.3, -0.25) is 0 Å². The third-order valence-electron chi connectivity index (χ3n) is 3.02. The lowest BCUT2D eigenvalue weighted by molar-refractivity contribution is -0.150. The van der Waals surface area contributed by atoms with Crippen molar-refractivity contribution in [1.29, 1.82) is 0 Å². The highest BCUT2D eigenvalue weighted by Crippen LogP contribution is 2.15. The van der Waals surface area contributed by atoms with Crippen LogP contribution in [0.5, 0.6) is 0 Å². The third-order valence-corrected chi connectivity index (χ3v) is 3.02. The minimum Gasteiger partial charge on any atom is -0.457 e. The summed E-state index contributed by atoms with van der Waals surface area (Å²) in [7, 11) is 0. The van der Waals surface area contributed by atoms with Gasteiger partial charge < -0.3 is 4.74 Å². The topological polar surface area (TPSA) is 26.3 Å². The molecule has 0 aromatic heterocycles. The molecule has 0 rings (SSSR count). The van der Waals surface area contributed by atoms with Gasteiger partial charge >= 0.3 is 5.97 Å². The van der Waals surface area contributed by atoms with Crippen LogP contribution in [0, 0.1) is 0 Å². The molecule has 0 fully saturated rings. The molecule has 112 valence electrons. The quantitative estimate of drug-likeness (QED) is 0.300. The van der Waals surface area contributed by atoms with Crippen molar-refractivity contribution in [3.05, 3.63) is 12.2 Å². The minimum absolute atomic E-state index is 0.240. The zero-order chi connectivity index (χ0) is 14.7. The first-order valence-corrected chi connectivity index (χ1v) is 7.78. The average molecular weight is 268 g/mol. The fourth-order valence-corrected chi connectivity index (χ4v) is 1.92. The second-order valence-electron chi connectivity index (χ2n) is 6.33. The molecule has 0 bridgehead atoms. The van der Waals surface area contributed by atoms with Gasteiger partial charge in [0.15, 0.2) is 0 Å². The van der Waals surface area contributed by atoms with Crippen molar-refractivity contribution < 1.29 is 9.53 Å². The van der Waals surface area contributed by atoms with Crippen molar-refractivity contribution in [3.8, 4) is 0 Å². The molecule has 0 aliphatic heterocycles. The number of hydrogen-bond acceptors (Lipinski definition) is 2. The Kier molecular flexibility index (Phi) is 9.63. The number of hydrogen-bond donors (Lipinski definition) is 0. The van der Waals surface area contributed by atoms with Crippen LogP contribution in [0.1, 0.15) is 85.5 Å². The van der Waals surface area contributed by atoms with Crippen molar-refractivity contribution in [2.75, 3.05) is 0 Å². The number of esters is 1. The lowest BCUT2D eigenvalue weighted by atomic mass is 10.0. The van der Waals surface area contributed by atoms with Crippen molar-refractivity contribution in [1.82, 2.24) is 0 Å². The number of ether oxygens (including phenoxy) is 1. The molecular weight excluding hydrogens is 236 g/mol. The first-order chi connectivity index (χ1) is 8.87. The van der Waals surface area contributed by atoms with Crippen LogP contribution in [0.25, 0.3) is 0 Å². The Hall–Kier alpha value is -0.790. The van der Waals surface area contributed by atoms with Crippen molar-refractivity contribution in [2.24, 2.45) is 0 Å². The fourth-order valence-electron chi connectivity index (χ4n) is 1.92. The summed E-state index contributed by atoms with van der Waals surface area (Å²) < 4.78 is 5.28. The van der Waals surface area contributed by atoms with Crippen LogP contribution in [0.2, 0.25) is 0 Å². The second kappa shape index (κ2) is 10.1. The van der Waals surface area contributed by atoms with E-state index < -0.39 is 5.60 Å². The SMILES string of the molecule is C=C(CCCCCCCCCC)C(=O)OC(C)(C)C. The molecule has 0 saturated carbocycles. The molecule has 0 saturated heterocycles. The van der Waals surface area contributed by atoms with Crippen LogP contribution in [0.4, 0.5) is 0 Å². The van der Waals surface area contributed by atoms with E-state index in [0.717, 1.165) is 12.8 Å². The van der Waals surface area contributed by atoms with Gasteiger partial charge in [-0.15, -0.1) is 0 Å². The fraction of sp³-hybridized carbons (Fsp3) is 0.824. The van der Waals surface area contributed by atoms with Gasteiger partial charge in [0.1, 0.15) is 5.60 Å². The second-order valence-corrected chi connectivity index (χ2v) is 6.33. The molecule has 0 spiro atoms. The van der Waals surface area contributed by atoms with Crippen LogP contribution in [-0.4, -0.2) is 11.6 Å². The summed E-state index contributed by atoms with van der Waals surface area (Å²) in [5.74, 6) is -0.240. The Morgan fingerprint density at radius 3 is 1.89 bits per heavy atom. The smallest absolute Gasteiger partial charge is 0.333 e. The van der Waals surface area contributed by atoms with E-state index in [9.17, 15) is 4.79 Å². The van der Waals surface area contributed by atoms with E-state index in [0.29, 0.717) is 5.57 Å². The van der Waals surface area contributed by atoms with Crippen molar-refractivity contribution in [2.45, 2.75) is 91.1 Å². The average Bonchev–Trinajstić information content (AvgIpc) is 2.30. The van der Waals surface area contributed by atoms with Gasteiger partial charge in [0.2, 0.25) is 0 Å². The monoisotopic (exact) mass is 268 g/mol. The van der Waals surface area contributed by atoms with E-state index in [1.165, 1.54) is 44.9 Å². The first kappa shape index (κ1) is 18.2. The molecule has 0 unspecified atom stereocenters. The summed E-state index contributed by atoms with van der Waals surface area (Å²) >= 11 is 0. The molecule has 0 N–H and O–H groups in total. The van der Waals surface area contributed by atoms with Gasteiger partial charge in [0.05, 0.1) is 0 Å². The Labute approximate surface area is 119 Å². The Bertz CT molecular complexity index is 261. The molecular formula is C17H32O2. The standard InChI is InChI=1S/C17H32O2/c1-6-7-8-9-10-11-12-13-14-15(2)16(18)19-17(3,4)5/h2,6-14H2,1,3-5H3. The molecule has 2 heteroatoms. The summed E-state index contributed by atoms with van der Waals surface area (Å²) in [4.78, 5) is 11.7. The number of rotatable bonds is 10. The highest BCUT2D eigenvalue weighted by atomic mass is 16.6. The maximum atomic E-state index is 11.7. The molecule has 0 atom stereocenters. The maximum Gasteiger partial charge on any atom is 0.333 e. The summed E-state index contributed by atoms with van der Waals surface area (Å²) in [6, 6.07) is 0. The van der Waals surface area contributed by atoms with E-state index in [-0.39, 0.29) is 5.97 Å². The van der Waals surface area contributed by atoms with Crippen LogP contribution < -0.4 is 0 Å². The van der Waals surface area contributed by atoms with Crippen LogP contribution in [-0.2, 0) is 9.53 Å². The molecule has 0 radical (unpaired) electrons. The summed E-state index contributed by atoms with van der Waals surface area (Å²) in [6.45, 7) is 11.7. The molecule has 0 aromatic carbocycles. The Balaban J connectivity index is 3.51. The van der Waals surface area contributed by atoms with Gasteiger partial charge in [-0.1, -0.05) is 58.4 Å². The maximum absolute atomic E-state index is 11.7. The predicted molar refractivity (Wildman–Crippen MR) is 82.2 cm³/mol. The van der Waals surface area contributed by atoms with Crippen LogP contribution in [0.15, 0.2) is 12.2 Å². The van der Waals surface area contributed by atoms with Gasteiger partial charge in [0, 0.05) is 5.57 Å². The number of carbonyl (C=O) groups excluding carboxylic acids is 1. The largest absolute Gasteiger partial charge is 0.457 e. The molecule has 0 heterocycles. The van der Waals surface area contributed by atoms with Crippen molar-refractivity contribution in [3.63, 3.8) is 0 Å². The van der Waals surface area contributed by atoms with E-state index in [2.05, 4.69) is 13.5 Å². The van der Waals surface area contributed by atoms with E-state index in [1.807, 2.05) is 20.8 Å². The first-order valence-electron chi connectivity index (χ1n) is 7.78. The van der Waals surface area contributed by atoms with E-state index in [4.69, 9.17) is 4.74 Å². The summed E-state index contributed by atoms with van der Waals surface area (Å²) in [6.07, 6.45) is 11.0. The molecule has 19 heavy (non-hydrogen) atoms. The highest BCUT2D eigenvalue weighted by Gasteiger charge is 2.17. The molecule has 0 amide bonds. The van der Waals surface area contributed by atoms with Gasteiger partial charge in [-0.2, -0.15) is 0 Å². The zero-order valence-electron chi connectivity index (χ0n) is 13.4. The summed E-state index contributed by atoms with van der Waals surface area (Å²) in [5, 5.41) is 0. The minimum atomic E-state index is -0.417. The summed E-state index contributed by atoms with van der Waals surface area (Å²) in [5.41, 5.74) is 0.195. The number of unbranched alkanes of at least 4 members (excludes halogenated alkanes) is 7. The molecule has 0 aliphatic carbocycles. The lowest BCUT2D eigenvalue weighted by Crippen LogP contribution is -2.24. The van der Waals surface area contributed by atoms with Gasteiger partial charge in [-0.25, -0.2) is 4.79 Å². The van der Waals surface area contributed by atoms with Crippen LogP contribution in [0.3, 0.4) is 0 Å². The zero-order valence-corrected chi connectivity index (χ0v) is 13.4. The normalized spacial score (nSPS) is 11.4. The van der Waals surface area contributed by atoms with Crippen LogP contribution >= 0.6 is 0 Å². The highest BCUT2D eigenvalue weighted by molar-refractivity contribution is 5.87. The number of carbonyl (C=O) groups is 1. The lowest BCUT2D eigenvalue weighted by Gasteiger charge is -2.20. The molecule has 2 nitrogen and oxygen atoms in total. The Morgan fingerprint density at radius 2 is 1.42 bits per heavy atom. The third kappa shape index (κ3) is 12.0. The van der Waals surface area contributed by atoms with Gasteiger partial charge in [-0.05, 0) is 33.6 Å². The Morgan fingerprint density at radius 1 is 0.947 bits per heavy atom. The predicted octanol–water partition coefficient (Wildman–Crippen LogP) is 5.42. The molecule has 0 aliphatic rings. The van der Waals surface area contributed by atoms with E-state index >= 15 is 0 Å². The molecule has 0 aromatic rings. The van der Waals surface area contributed by atoms with Gasteiger partial charge in [0.25, 0.3) is 0 Å². The van der Waals surface area contributed by atoms with E-state index in [1.54, 1.807) is 0 Å². The van der Waals surface area contributed by atoms with Crippen molar-refractivity contribution >= 4 is 5.97 Å².